The lowest BCUT2D eigenvalue weighted by Crippen LogP contribution is -2.27. The van der Waals surface area contributed by atoms with Gasteiger partial charge in [-0.1, -0.05) is 15.9 Å². The lowest BCUT2D eigenvalue weighted by atomic mass is 10.1. The van der Waals surface area contributed by atoms with Gasteiger partial charge in [-0.25, -0.2) is 17.9 Å². The number of halogens is 1. The van der Waals surface area contributed by atoms with Crippen molar-refractivity contribution in [2.45, 2.75) is 18.2 Å². The molecule has 1 rings (SSSR count). The number of aromatic carboxylic acids is 1. The molecule has 3 N–H and O–H groups in total. The Balaban J connectivity index is 3.07. The van der Waals surface area contributed by atoms with Crippen molar-refractivity contribution in [1.29, 1.82) is 0 Å². The number of rotatable bonds is 7. The van der Waals surface area contributed by atoms with E-state index in [4.69, 9.17) is 5.11 Å². The average Bonchev–Trinajstić information content (AvgIpc) is 2.37. The third kappa shape index (κ3) is 4.27. The fourth-order valence-electron chi connectivity index (χ4n) is 1.61. The van der Waals surface area contributed by atoms with Crippen molar-refractivity contribution in [3.05, 3.63) is 27.7 Å². The van der Waals surface area contributed by atoms with Gasteiger partial charge in [-0.3, -0.25) is 0 Å². The fraction of sp³-hybridized carbons (Fsp3) is 0.417. The van der Waals surface area contributed by atoms with Crippen molar-refractivity contribution in [2.24, 2.45) is 0 Å². The van der Waals surface area contributed by atoms with Crippen LogP contribution in [0.3, 0.4) is 0 Å². The van der Waals surface area contributed by atoms with Crippen molar-refractivity contribution in [3.8, 4) is 0 Å². The summed E-state index contributed by atoms with van der Waals surface area (Å²) in [7, 11) is -1.94. The zero-order valence-corrected chi connectivity index (χ0v) is 13.6. The van der Waals surface area contributed by atoms with E-state index in [-0.39, 0.29) is 17.0 Å². The highest BCUT2D eigenvalue weighted by Crippen LogP contribution is 2.25. The summed E-state index contributed by atoms with van der Waals surface area (Å²) in [6.45, 7) is 2.61. The Morgan fingerprint density at radius 3 is 2.55 bits per heavy atom. The van der Waals surface area contributed by atoms with Crippen LogP contribution in [-0.2, 0) is 10.0 Å². The first-order valence-electron chi connectivity index (χ1n) is 5.97. The smallest absolute Gasteiger partial charge is 0.335 e. The molecule has 0 fully saturated rings. The van der Waals surface area contributed by atoms with E-state index in [1.807, 2.05) is 0 Å². The SMILES string of the molecule is CNCCCNS(=O)(=O)c1cc(C(=O)O)cc(Br)c1C. The van der Waals surface area contributed by atoms with Gasteiger partial charge in [0.25, 0.3) is 0 Å². The summed E-state index contributed by atoms with van der Waals surface area (Å²) in [5.41, 5.74) is 0.411. The molecule has 20 heavy (non-hydrogen) atoms. The van der Waals surface area contributed by atoms with Gasteiger partial charge >= 0.3 is 5.97 Å². The summed E-state index contributed by atoms with van der Waals surface area (Å²) in [4.78, 5) is 11.0. The van der Waals surface area contributed by atoms with Gasteiger partial charge in [0.05, 0.1) is 10.5 Å². The highest BCUT2D eigenvalue weighted by molar-refractivity contribution is 9.10. The predicted octanol–water partition coefficient (Wildman–Crippen LogP) is 1.34. The summed E-state index contributed by atoms with van der Waals surface area (Å²) in [6.07, 6.45) is 0.647. The molecule has 8 heteroatoms. The molecule has 0 aliphatic heterocycles. The molecule has 1 aromatic carbocycles. The second-order valence-electron chi connectivity index (χ2n) is 4.24. The van der Waals surface area contributed by atoms with Crippen LogP contribution in [0.25, 0.3) is 0 Å². The number of hydrogen-bond donors (Lipinski definition) is 3. The first-order valence-corrected chi connectivity index (χ1v) is 8.25. The van der Waals surface area contributed by atoms with Crippen LogP contribution in [-0.4, -0.2) is 39.6 Å². The largest absolute Gasteiger partial charge is 0.478 e. The third-order valence-corrected chi connectivity index (χ3v) is 5.14. The molecule has 0 amide bonds. The van der Waals surface area contributed by atoms with E-state index in [0.29, 0.717) is 23.0 Å². The second-order valence-corrected chi connectivity index (χ2v) is 6.83. The standard InChI is InChI=1S/C12H17BrN2O4S/c1-8-10(13)6-9(12(16)17)7-11(8)20(18,19)15-5-3-4-14-2/h6-7,14-15H,3-5H2,1-2H3,(H,16,17). The van der Waals surface area contributed by atoms with Crippen LogP contribution < -0.4 is 10.0 Å². The Labute approximate surface area is 126 Å². The van der Waals surface area contributed by atoms with Gasteiger partial charge in [0.1, 0.15) is 0 Å². The summed E-state index contributed by atoms with van der Waals surface area (Å²) in [6, 6.07) is 2.56. The summed E-state index contributed by atoms with van der Waals surface area (Å²) in [5, 5.41) is 11.9. The maximum absolute atomic E-state index is 12.2. The van der Waals surface area contributed by atoms with Gasteiger partial charge in [0.15, 0.2) is 0 Å². The summed E-state index contributed by atoms with van der Waals surface area (Å²) in [5.74, 6) is -1.17. The Bertz CT molecular complexity index is 602. The highest BCUT2D eigenvalue weighted by Gasteiger charge is 2.20. The van der Waals surface area contributed by atoms with Crippen molar-refractivity contribution in [1.82, 2.24) is 10.0 Å². The molecule has 0 aliphatic carbocycles. The van der Waals surface area contributed by atoms with Crippen LogP contribution in [0.4, 0.5) is 0 Å². The molecule has 0 saturated heterocycles. The van der Waals surface area contributed by atoms with E-state index >= 15 is 0 Å². The van der Waals surface area contributed by atoms with Gasteiger partial charge in [0.2, 0.25) is 10.0 Å². The van der Waals surface area contributed by atoms with Crippen molar-refractivity contribution >= 4 is 31.9 Å². The molecule has 0 aromatic heterocycles. The molecule has 0 radical (unpaired) electrons. The van der Waals surface area contributed by atoms with Gasteiger partial charge in [-0.15, -0.1) is 0 Å². The second kappa shape index (κ2) is 7.16. The highest BCUT2D eigenvalue weighted by atomic mass is 79.9. The molecule has 0 saturated carbocycles. The Kier molecular flexibility index (Phi) is 6.12. The minimum atomic E-state index is -3.72. The van der Waals surface area contributed by atoms with E-state index in [2.05, 4.69) is 26.0 Å². The zero-order chi connectivity index (χ0) is 15.3. The zero-order valence-electron chi connectivity index (χ0n) is 11.2. The van der Waals surface area contributed by atoms with E-state index in [9.17, 15) is 13.2 Å². The van der Waals surface area contributed by atoms with Gasteiger partial charge < -0.3 is 10.4 Å². The number of carbonyl (C=O) groups is 1. The Hall–Kier alpha value is -0.960. The molecular weight excluding hydrogens is 348 g/mol. The number of nitrogens with one attached hydrogen (secondary N) is 2. The number of sulfonamides is 1. The lowest BCUT2D eigenvalue weighted by molar-refractivity contribution is 0.0696. The molecule has 112 valence electrons. The molecule has 1 aromatic rings. The fourth-order valence-corrected chi connectivity index (χ4v) is 3.56. The topological polar surface area (TPSA) is 95.5 Å². The minimum absolute atomic E-state index is 0.0197. The van der Waals surface area contributed by atoms with Gasteiger partial charge in [-0.05, 0) is 44.6 Å². The maximum Gasteiger partial charge on any atom is 0.335 e. The van der Waals surface area contributed by atoms with E-state index < -0.39 is 16.0 Å². The first kappa shape index (κ1) is 17.1. The predicted molar refractivity (Wildman–Crippen MR) is 79.6 cm³/mol. The van der Waals surface area contributed by atoms with Crippen LogP contribution in [0.15, 0.2) is 21.5 Å². The number of carboxylic acid groups (broad SMARTS) is 1. The van der Waals surface area contributed by atoms with E-state index in [1.165, 1.54) is 12.1 Å². The van der Waals surface area contributed by atoms with Crippen molar-refractivity contribution in [2.75, 3.05) is 20.1 Å². The van der Waals surface area contributed by atoms with Crippen LogP contribution in [0.2, 0.25) is 0 Å². The molecular formula is C12H17BrN2O4S. The average molecular weight is 365 g/mol. The monoisotopic (exact) mass is 364 g/mol. The third-order valence-electron chi connectivity index (χ3n) is 2.73. The molecule has 0 heterocycles. The molecule has 0 spiro atoms. The Morgan fingerprint density at radius 1 is 1.35 bits per heavy atom. The number of benzene rings is 1. The van der Waals surface area contributed by atoms with Crippen LogP contribution >= 0.6 is 15.9 Å². The van der Waals surface area contributed by atoms with Crippen LogP contribution in [0.1, 0.15) is 22.3 Å². The number of carboxylic acids is 1. The molecule has 0 bridgehead atoms. The normalized spacial score (nSPS) is 11.6. The maximum atomic E-state index is 12.2. The Morgan fingerprint density at radius 2 is 2.00 bits per heavy atom. The van der Waals surface area contributed by atoms with Crippen molar-refractivity contribution < 1.29 is 18.3 Å². The summed E-state index contributed by atoms with van der Waals surface area (Å²) >= 11 is 3.19. The van der Waals surface area contributed by atoms with E-state index in [0.717, 1.165) is 0 Å². The first-order chi connectivity index (χ1) is 9.29. The van der Waals surface area contributed by atoms with Crippen LogP contribution in [0.5, 0.6) is 0 Å². The van der Waals surface area contributed by atoms with E-state index in [1.54, 1.807) is 14.0 Å². The molecule has 0 unspecified atom stereocenters. The van der Waals surface area contributed by atoms with Crippen molar-refractivity contribution in [3.63, 3.8) is 0 Å². The minimum Gasteiger partial charge on any atom is -0.478 e. The number of hydrogen-bond acceptors (Lipinski definition) is 4. The van der Waals surface area contributed by atoms with Crippen LogP contribution in [0, 0.1) is 6.92 Å². The molecule has 6 nitrogen and oxygen atoms in total. The molecule has 0 atom stereocenters. The van der Waals surface area contributed by atoms with Gasteiger partial charge in [-0.2, -0.15) is 0 Å². The summed E-state index contributed by atoms with van der Waals surface area (Å²) < 4.78 is 27.3. The van der Waals surface area contributed by atoms with Gasteiger partial charge in [0, 0.05) is 11.0 Å². The molecule has 0 aliphatic rings. The lowest BCUT2D eigenvalue weighted by Gasteiger charge is -2.11. The quantitative estimate of drug-likeness (QED) is 0.634.